The number of nitrogens with one attached hydrogen (secondary N) is 1. The van der Waals surface area contributed by atoms with E-state index in [9.17, 15) is 18.4 Å². The summed E-state index contributed by atoms with van der Waals surface area (Å²) in [6.07, 6.45) is 0.850. The van der Waals surface area contributed by atoms with Crippen molar-refractivity contribution in [1.29, 1.82) is 0 Å². The average molecular weight is 434 g/mol. The van der Waals surface area contributed by atoms with Crippen LogP contribution < -0.4 is 15.0 Å². The quantitative estimate of drug-likeness (QED) is 0.523. The number of hydrogen-bond acceptors (Lipinski definition) is 4. The van der Waals surface area contributed by atoms with Crippen LogP contribution in [-0.2, 0) is 9.59 Å². The van der Waals surface area contributed by atoms with Gasteiger partial charge in [-0.15, -0.1) is 0 Å². The van der Waals surface area contributed by atoms with Gasteiger partial charge < -0.3 is 10.1 Å². The topological polar surface area (TPSA) is 58.6 Å². The van der Waals surface area contributed by atoms with E-state index in [4.69, 9.17) is 4.74 Å². The summed E-state index contributed by atoms with van der Waals surface area (Å²) in [6.45, 7) is 2.55. The molecule has 0 fully saturated rings. The van der Waals surface area contributed by atoms with Crippen molar-refractivity contribution in [2.24, 2.45) is 0 Å². The Balaban J connectivity index is 1.77. The number of imide groups is 1. The van der Waals surface area contributed by atoms with Gasteiger partial charge in [0, 0.05) is 5.69 Å². The van der Waals surface area contributed by atoms with Crippen LogP contribution in [0.25, 0.3) is 5.57 Å². The van der Waals surface area contributed by atoms with E-state index < -0.39 is 23.4 Å². The third kappa shape index (κ3) is 4.09. The summed E-state index contributed by atoms with van der Waals surface area (Å²) in [4.78, 5) is 27.4. The number of para-hydroxylation sites is 1. The molecule has 0 unspecified atom stereocenters. The van der Waals surface area contributed by atoms with E-state index in [1.807, 2.05) is 6.92 Å². The number of hydrogen-bond donors (Lipinski definition) is 1. The molecule has 5 nitrogen and oxygen atoms in total. The molecule has 162 valence electrons. The monoisotopic (exact) mass is 434 g/mol. The minimum Gasteiger partial charge on any atom is -0.494 e. The maximum Gasteiger partial charge on any atom is 0.282 e. The molecule has 3 aromatic carbocycles. The molecule has 0 saturated carbocycles. The number of halogens is 2. The molecule has 1 N–H and O–H groups in total. The molecule has 0 radical (unpaired) electrons. The first kappa shape index (κ1) is 21.2. The van der Waals surface area contributed by atoms with Gasteiger partial charge in [0.25, 0.3) is 11.8 Å². The number of carbonyl (C=O) groups is 2. The van der Waals surface area contributed by atoms with E-state index in [1.165, 1.54) is 42.5 Å². The minimum absolute atomic E-state index is 0.0212. The Morgan fingerprint density at radius 2 is 1.56 bits per heavy atom. The van der Waals surface area contributed by atoms with Crippen LogP contribution >= 0.6 is 0 Å². The Bertz CT molecular complexity index is 1190. The van der Waals surface area contributed by atoms with Gasteiger partial charge in [-0.25, -0.2) is 13.7 Å². The summed E-state index contributed by atoms with van der Waals surface area (Å²) >= 11 is 0. The third-order valence-corrected chi connectivity index (χ3v) is 4.91. The standard InChI is InChI=1S/C25H20F2N2O3/c1-2-15-32-19-13-7-16(8-14-19)22-23(28-18-11-9-17(26)10-12-18)25(31)29(24(22)30)21-6-4-3-5-20(21)27/h3-14,28H,2,15H2,1H3. The molecule has 0 bridgehead atoms. The molecule has 1 aliphatic heterocycles. The number of benzene rings is 3. The smallest absolute Gasteiger partial charge is 0.282 e. The lowest BCUT2D eigenvalue weighted by molar-refractivity contribution is -0.120. The number of anilines is 2. The van der Waals surface area contributed by atoms with E-state index in [-0.39, 0.29) is 17.0 Å². The van der Waals surface area contributed by atoms with Crippen LogP contribution in [0.5, 0.6) is 5.75 Å². The molecule has 4 rings (SSSR count). The van der Waals surface area contributed by atoms with Gasteiger partial charge in [-0.05, 0) is 60.5 Å². The van der Waals surface area contributed by atoms with Crippen LogP contribution in [-0.4, -0.2) is 18.4 Å². The van der Waals surface area contributed by atoms with Gasteiger partial charge in [-0.1, -0.05) is 31.2 Å². The van der Waals surface area contributed by atoms with Crippen LogP contribution in [0.3, 0.4) is 0 Å². The zero-order chi connectivity index (χ0) is 22.7. The summed E-state index contributed by atoms with van der Waals surface area (Å²) in [7, 11) is 0. The maximum atomic E-state index is 14.4. The SMILES string of the molecule is CCCOc1ccc(C2=C(Nc3ccc(F)cc3)C(=O)N(c3ccccc3F)C2=O)cc1. The lowest BCUT2D eigenvalue weighted by atomic mass is 10.0. The van der Waals surface area contributed by atoms with Crippen LogP contribution in [0.4, 0.5) is 20.2 Å². The van der Waals surface area contributed by atoms with E-state index >= 15 is 0 Å². The van der Waals surface area contributed by atoms with Crippen LogP contribution in [0.15, 0.2) is 78.5 Å². The average Bonchev–Trinajstić information content (AvgIpc) is 3.04. The summed E-state index contributed by atoms with van der Waals surface area (Å²) in [6, 6.07) is 17.7. The molecule has 0 aliphatic carbocycles. The number of amides is 2. The number of nitrogens with zero attached hydrogens (tertiary/aromatic N) is 1. The first-order chi connectivity index (χ1) is 15.5. The van der Waals surface area contributed by atoms with E-state index in [1.54, 1.807) is 30.3 Å². The maximum absolute atomic E-state index is 14.4. The summed E-state index contributed by atoms with van der Waals surface area (Å²) in [5.41, 5.74) is 0.810. The predicted molar refractivity (Wildman–Crippen MR) is 118 cm³/mol. The molecule has 0 spiro atoms. The largest absolute Gasteiger partial charge is 0.494 e. The molecule has 1 aliphatic rings. The van der Waals surface area contributed by atoms with Gasteiger partial charge in [0.1, 0.15) is 23.1 Å². The Hall–Kier alpha value is -4.00. The molecule has 1 heterocycles. The first-order valence-electron chi connectivity index (χ1n) is 10.1. The third-order valence-electron chi connectivity index (χ3n) is 4.91. The van der Waals surface area contributed by atoms with Crippen molar-refractivity contribution in [2.45, 2.75) is 13.3 Å². The molecule has 2 amide bonds. The Kier molecular flexibility index (Phi) is 5.98. The molecule has 0 aromatic heterocycles. The molecule has 32 heavy (non-hydrogen) atoms. The highest BCUT2D eigenvalue weighted by molar-refractivity contribution is 6.46. The van der Waals surface area contributed by atoms with Gasteiger partial charge in [-0.2, -0.15) is 0 Å². The fraction of sp³-hybridized carbons (Fsp3) is 0.120. The minimum atomic E-state index is -0.703. The van der Waals surface area contributed by atoms with Crippen molar-refractivity contribution in [1.82, 2.24) is 0 Å². The molecule has 3 aromatic rings. The molecule has 0 atom stereocenters. The number of ether oxygens (including phenoxy) is 1. The number of carbonyl (C=O) groups excluding carboxylic acids is 2. The summed E-state index contributed by atoms with van der Waals surface area (Å²) in [5, 5.41) is 2.91. The van der Waals surface area contributed by atoms with Gasteiger partial charge in [0.05, 0.1) is 17.9 Å². The first-order valence-corrected chi connectivity index (χ1v) is 10.1. The van der Waals surface area contributed by atoms with Gasteiger partial charge >= 0.3 is 0 Å². The Morgan fingerprint density at radius 1 is 0.875 bits per heavy atom. The second-order valence-corrected chi connectivity index (χ2v) is 7.15. The zero-order valence-electron chi connectivity index (χ0n) is 17.3. The molecular weight excluding hydrogens is 414 g/mol. The van der Waals surface area contributed by atoms with Gasteiger partial charge in [-0.3, -0.25) is 9.59 Å². The van der Waals surface area contributed by atoms with E-state index in [2.05, 4.69) is 5.32 Å². The van der Waals surface area contributed by atoms with E-state index in [0.29, 0.717) is 23.6 Å². The van der Waals surface area contributed by atoms with Crippen LogP contribution in [0.1, 0.15) is 18.9 Å². The van der Waals surface area contributed by atoms with Crippen molar-refractivity contribution in [2.75, 3.05) is 16.8 Å². The summed E-state index contributed by atoms with van der Waals surface area (Å²) < 4.78 is 33.3. The lowest BCUT2D eigenvalue weighted by Gasteiger charge is -2.16. The number of rotatable bonds is 7. The fourth-order valence-electron chi connectivity index (χ4n) is 3.38. The predicted octanol–water partition coefficient (Wildman–Crippen LogP) is 5.15. The second-order valence-electron chi connectivity index (χ2n) is 7.15. The normalized spacial score (nSPS) is 13.7. The van der Waals surface area contributed by atoms with E-state index in [0.717, 1.165) is 11.3 Å². The van der Waals surface area contributed by atoms with Crippen molar-refractivity contribution >= 4 is 28.8 Å². The van der Waals surface area contributed by atoms with Crippen molar-refractivity contribution < 1.29 is 23.1 Å². The lowest BCUT2D eigenvalue weighted by Crippen LogP contribution is -2.33. The van der Waals surface area contributed by atoms with Crippen LogP contribution in [0, 0.1) is 11.6 Å². The molecule has 0 saturated heterocycles. The van der Waals surface area contributed by atoms with Crippen molar-refractivity contribution in [3.63, 3.8) is 0 Å². The van der Waals surface area contributed by atoms with Gasteiger partial charge in [0.15, 0.2) is 0 Å². The fourth-order valence-corrected chi connectivity index (χ4v) is 3.38. The van der Waals surface area contributed by atoms with Crippen molar-refractivity contribution in [3.8, 4) is 5.75 Å². The van der Waals surface area contributed by atoms with Crippen LogP contribution in [0.2, 0.25) is 0 Å². The highest BCUT2D eigenvalue weighted by atomic mass is 19.1. The van der Waals surface area contributed by atoms with Gasteiger partial charge in [0.2, 0.25) is 0 Å². The highest BCUT2D eigenvalue weighted by Gasteiger charge is 2.41. The highest BCUT2D eigenvalue weighted by Crippen LogP contribution is 2.35. The Labute approximate surface area is 183 Å². The zero-order valence-corrected chi connectivity index (χ0v) is 17.3. The summed E-state index contributed by atoms with van der Waals surface area (Å²) in [5.74, 6) is -1.86. The van der Waals surface area contributed by atoms with Crippen molar-refractivity contribution in [3.05, 3.63) is 95.7 Å². The Morgan fingerprint density at radius 3 is 2.22 bits per heavy atom. The molecular formula is C25H20F2N2O3. The molecule has 7 heteroatoms. The second kappa shape index (κ2) is 9.01.